The molecule has 30 heavy (non-hydrogen) atoms. The fraction of sp³-hybridized carbons (Fsp3) is 0.318. The van der Waals surface area contributed by atoms with E-state index in [1.165, 1.54) is 18.2 Å². The highest BCUT2D eigenvalue weighted by Gasteiger charge is 2.41. The molecule has 3 rings (SSSR count). The van der Waals surface area contributed by atoms with Gasteiger partial charge in [0.15, 0.2) is 0 Å². The SMILES string of the molecule is CCOC(=O)Cc1ccc(N2C(=O)c3c(Cl)ccc(OCC(C)C)c3C2=O)c(Cl)c1. The summed E-state index contributed by atoms with van der Waals surface area (Å²) >= 11 is 12.6. The first kappa shape index (κ1) is 22.1. The zero-order chi connectivity index (χ0) is 22.0. The standard InChI is InChI=1S/C22H21Cl2NO5/c1-4-29-18(26)10-13-5-7-16(15(24)9-13)25-21(27)19-14(23)6-8-17(20(19)22(25)28)30-11-12(2)3/h5-9,12H,4,10-11H2,1-3H3. The Kier molecular flexibility index (Phi) is 6.68. The van der Waals surface area contributed by atoms with Crippen molar-refractivity contribution in [3.05, 3.63) is 57.1 Å². The van der Waals surface area contributed by atoms with Gasteiger partial charge in [0.2, 0.25) is 0 Å². The normalized spacial score (nSPS) is 13.1. The Balaban J connectivity index is 1.95. The van der Waals surface area contributed by atoms with Crippen molar-refractivity contribution in [3.8, 4) is 5.75 Å². The van der Waals surface area contributed by atoms with Crippen LogP contribution in [0, 0.1) is 5.92 Å². The molecule has 6 nitrogen and oxygen atoms in total. The Morgan fingerprint density at radius 1 is 1.03 bits per heavy atom. The maximum atomic E-state index is 13.2. The monoisotopic (exact) mass is 449 g/mol. The third kappa shape index (κ3) is 4.30. The number of hydrogen-bond donors (Lipinski definition) is 0. The van der Waals surface area contributed by atoms with Gasteiger partial charge in [-0.3, -0.25) is 14.4 Å². The van der Waals surface area contributed by atoms with E-state index in [0.717, 1.165) is 4.90 Å². The summed E-state index contributed by atoms with van der Waals surface area (Å²) in [7, 11) is 0. The lowest BCUT2D eigenvalue weighted by atomic mass is 10.1. The average molecular weight is 450 g/mol. The van der Waals surface area contributed by atoms with Crippen LogP contribution in [0.5, 0.6) is 5.75 Å². The predicted octanol–water partition coefficient (Wildman–Crippen LogP) is 4.93. The van der Waals surface area contributed by atoms with Crippen LogP contribution in [0.15, 0.2) is 30.3 Å². The Hall–Kier alpha value is -2.57. The van der Waals surface area contributed by atoms with Gasteiger partial charge in [0.25, 0.3) is 11.8 Å². The zero-order valence-electron chi connectivity index (χ0n) is 16.8. The first-order chi connectivity index (χ1) is 14.2. The maximum absolute atomic E-state index is 13.2. The quantitative estimate of drug-likeness (QED) is 0.442. The number of halogens is 2. The second-order valence-corrected chi connectivity index (χ2v) is 8.03. The van der Waals surface area contributed by atoms with Crippen molar-refractivity contribution in [2.75, 3.05) is 18.1 Å². The summed E-state index contributed by atoms with van der Waals surface area (Å²) in [5.41, 5.74) is 1.04. The Labute approximate surface area is 184 Å². The highest BCUT2D eigenvalue weighted by atomic mass is 35.5. The van der Waals surface area contributed by atoms with E-state index in [0.29, 0.717) is 17.9 Å². The van der Waals surface area contributed by atoms with Gasteiger partial charge in [-0.15, -0.1) is 0 Å². The molecule has 8 heteroatoms. The lowest BCUT2D eigenvalue weighted by Crippen LogP contribution is -2.29. The molecule has 0 fully saturated rings. The number of carbonyl (C=O) groups excluding carboxylic acids is 3. The van der Waals surface area contributed by atoms with Crippen LogP contribution < -0.4 is 9.64 Å². The Morgan fingerprint density at radius 3 is 2.37 bits per heavy atom. The smallest absolute Gasteiger partial charge is 0.310 e. The van der Waals surface area contributed by atoms with E-state index >= 15 is 0 Å². The number of amides is 2. The van der Waals surface area contributed by atoms with Crippen LogP contribution in [0.3, 0.4) is 0 Å². The summed E-state index contributed by atoms with van der Waals surface area (Å²) in [6.45, 7) is 6.35. The minimum absolute atomic E-state index is 0.0367. The molecule has 0 aliphatic carbocycles. The number of carbonyl (C=O) groups is 3. The molecule has 1 aliphatic heterocycles. The highest BCUT2D eigenvalue weighted by molar-refractivity contribution is 6.44. The van der Waals surface area contributed by atoms with Gasteiger partial charge in [-0.1, -0.05) is 43.1 Å². The van der Waals surface area contributed by atoms with Crippen LogP contribution >= 0.6 is 23.2 Å². The lowest BCUT2D eigenvalue weighted by molar-refractivity contribution is -0.142. The maximum Gasteiger partial charge on any atom is 0.310 e. The van der Waals surface area contributed by atoms with E-state index in [9.17, 15) is 14.4 Å². The largest absolute Gasteiger partial charge is 0.492 e. The molecule has 2 aromatic carbocycles. The second-order valence-electron chi connectivity index (χ2n) is 7.21. The van der Waals surface area contributed by atoms with E-state index in [2.05, 4.69) is 0 Å². The van der Waals surface area contributed by atoms with Gasteiger partial charge < -0.3 is 9.47 Å². The second kappa shape index (κ2) is 9.06. The van der Waals surface area contributed by atoms with Crippen molar-refractivity contribution >= 4 is 46.7 Å². The minimum atomic E-state index is -0.574. The van der Waals surface area contributed by atoms with Gasteiger partial charge in [-0.25, -0.2) is 4.90 Å². The number of ether oxygens (including phenoxy) is 2. The fourth-order valence-corrected chi connectivity index (χ4v) is 3.64. The molecule has 0 N–H and O–H groups in total. The molecule has 0 spiro atoms. The summed E-state index contributed by atoms with van der Waals surface area (Å²) in [6.07, 6.45) is 0.0367. The van der Waals surface area contributed by atoms with E-state index in [-0.39, 0.29) is 51.8 Å². The van der Waals surface area contributed by atoms with E-state index < -0.39 is 11.8 Å². The molecule has 1 aliphatic rings. The number of hydrogen-bond acceptors (Lipinski definition) is 5. The van der Waals surface area contributed by atoms with Crippen molar-refractivity contribution in [2.24, 2.45) is 5.92 Å². The molecule has 158 valence electrons. The van der Waals surface area contributed by atoms with Gasteiger partial charge in [0.05, 0.1) is 46.5 Å². The number of imide groups is 1. The van der Waals surface area contributed by atoms with Gasteiger partial charge >= 0.3 is 5.97 Å². The molecule has 0 saturated carbocycles. The third-order valence-electron chi connectivity index (χ3n) is 4.43. The van der Waals surface area contributed by atoms with E-state index in [1.54, 1.807) is 19.1 Å². The molecular weight excluding hydrogens is 429 g/mol. The first-order valence-electron chi connectivity index (χ1n) is 9.52. The van der Waals surface area contributed by atoms with E-state index in [1.807, 2.05) is 13.8 Å². The molecule has 0 bridgehead atoms. The number of benzene rings is 2. The molecule has 2 amide bonds. The molecular formula is C22H21Cl2NO5. The molecule has 2 aromatic rings. The first-order valence-corrected chi connectivity index (χ1v) is 10.3. The van der Waals surface area contributed by atoms with Crippen molar-refractivity contribution in [1.29, 1.82) is 0 Å². The van der Waals surface area contributed by atoms with Crippen LogP contribution in [-0.4, -0.2) is 31.0 Å². The number of anilines is 1. The highest BCUT2D eigenvalue weighted by Crippen LogP contribution is 2.40. The topological polar surface area (TPSA) is 72.9 Å². The summed E-state index contributed by atoms with van der Waals surface area (Å²) in [5, 5.41) is 0.324. The summed E-state index contributed by atoms with van der Waals surface area (Å²) in [5.74, 6) is -0.980. The Bertz CT molecular complexity index is 1020. The van der Waals surface area contributed by atoms with Crippen LogP contribution in [0.4, 0.5) is 5.69 Å². The predicted molar refractivity (Wildman–Crippen MR) is 115 cm³/mol. The molecule has 0 atom stereocenters. The Morgan fingerprint density at radius 2 is 1.73 bits per heavy atom. The minimum Gasteiger partial charge on any atom is -0.492 e. The average Bonchev–Trinajstić information content (AvgIpc) is 2.93. The number of nitrogens with zero attached hydrogens (tertiary/aromatic N) is 1. The van der Waals surface area contributed by atoms with Gasteiger partial charge in [-0.2, -0.15) is 0 Å². The molecule has 0 unspecified atom stereocenters. The van der Waals surface area contributed by atoms with E-state index in [4.69, 9.17) is 32.7 Å². The van der Waals surface area contributed by atoms with Crippen LogP contribution in [-0.2, 0) is 16.0 Å². The molecule has 1 heterocycles. The zero-order valence-corrected chi connectivity index (χ0v) is 18.3. The van der Waals surface area contributed by atoms with Gasteiger partial charge in [0, 0.05) is 0 Å². The fourth-order valence-electron chi connectivity index (χ4n) is 3.11. The third-order valence-corrected chi connectivity index (χ3v) is 5.05. The van der Waals surface area contributed by atoms with Crippen molar-refractivity contribution in [2.45, 2.75) is 27.2 Å². The lowest BCUT2D eigenvalue weighted by Gasteiger charge is -2.16. The summed E-state index contributed by atoms with van der Waals surface area (Å²) in [6, 6.07) is 7.81. The summed E-state index contributed by atoms with van der Waals surface area (Å²) in [4.78, 5) is 38.9. The van der Waals surface area contributed by atoms with Crippen molar-refractivity contribution < 1.29 is 23.9 Å². The molecule has 0 aromatic heterocycles. The summed E-state index contributed by atoms with van der Waals surface area (Å²) < 4.78 is 10.7. The van der Waals surface area contributed by atoms with Gasteiger partial charge in [-0.05, 0) is 42.7 Å². The van der Waals surface area contributed by atoms with Crippen LogP contribution in [0.1, 0.15) is 47.1 Å². The van der Waals surface area contributed by atoms with Crippen LogP contribution in [0.2, 0.25) is 10.0 Å². The van der Waals surface area contributed by atoms with Crippen molar-refractivity contribution in [1.82, 2.24) is 0 Å². The number of esters is 1. The molecule has 0 radical (unpaired) electrons. The van der Waals surface area contributed by atoms with Crippen LogP contribution in [0.25, 0.3) is 0 Å². The van der Waals surface area contributed by atoms with Gasteiger partial charge in [0.1, 0.15) is 5.75 Å². The number of fused-ring (bicyclic) bond motifs is 1. The van der Waals surface area contributed by atoms with Crippen molar-refractivity contribution in [3.63, 3.8) is 0 Å². The molecule has 0 saturated heterocycles. The number of rotatable bonds is 7.